The minimum absolute atomic E-state index is 0.154. The van der Waals surface area contributed by atoms with Crippen molar-refractivity contribution in [3.63, 3.8) is 0 Å². The van der Waals surface area contributed by atoms with Gasteiger partial charge in [0, 0.05) is 45.0 Å². The van der Waals surface area contributed by atoms with Gasteiger partial charge in [0.05, 0.1) is 24.3 Å². The summed E-state index contributed by atoms with van der Waals surface area (Å²) < 4.78 is 33.5. The number of likely N-dealkylation sites (N-methyl/N-ethyl adjacent to an activating group) is 1. The Morgan fingerprint density at radius 1 is 1.24 bits per heavy atom. The maximum absolute atomic E-state index is 13.8. The molecule has 4 heterocycles. The number of aromatic nitrogens is 1. The Morgan fingerprint density at radius 2 is 2.05 bits per heavy atom. The molecule has 1 aromatic heterocycles. The van der Waals surface area contributed by atoms with Gasteiger partial charge in [-0.3, -0.25) is 14.7 Å². The maximum Gasteiger partial charge on any atom is 0.226 e. The third-order valence-corrected chi connectivity index (χ3v) is 7.30. The molecule has 1 aromatic carbocycles. The van der Waals surface area contributed by atoms with Crippen LogP contribution in [0.25, 0.3) is 0 Å². The van der Waals surface area contributed by atoms with E-state index in [0.29, 0.717) is 31.8 Å². The van der Waals surface area contributed by atoms with Crippen molar-refractivity contribution < 1.29 is 23.1 Å². The number of hydrogen-bond donors (Lipinski definition) is 0. The molecule has 0 unspecified atom stereocenters. The van der Waals surface area contributed by atoms with Crippen molar-refractivity contribution in [2.75, 3.05) is 39.9 Å². The lowest BCUT2D eigenvalue weighted by Crippen LogP contribution is -2.46. The molecule has 0 aliphatic carbocycles. The molecule has 0 N–H and O–H groups in total. The van der Waals surface area contributed by atoms with Crippen LogP contribution >= 0.6 is 0 Å². The van der Waals surface area contributed by atoms with Crippen LogP contribution in [0.2, 0.25) is 0 Å². The summed E-state index contributed by atoms with van der Waals surface area (Å²) in [5.41, 5.74) is 4.03. The first-order valence-corrected chi connectivity index (χ1v) is 12.2. The van der Waals surface area contributed by atoms with Crippen molar-refractivity contribution in [1.29, 1.82) is 5.26 Å². The normalized spacial score (nSPS) is 19.8. The van der Waals surface area contributed by atoms with Gasteiger partial charge in [0.1, 0.15) is 11.8 Å². The minimum atomic E-state index is -1.01. The van der Waals surface area contributed by atoms with E-state index in [2.05, 4.69) is 15.0 Å². The fourth-order valence-electron chi connectivity index (χ4n) is 5.26. The van der Waals surface area contributed by atoms with Gasteiger partial charge in [-0.1, -0.05) is 11.2 Å². The summed E-state index contributed by atoms with van der Waals surface area (Å²) in [7, 11) is 1.84. The maximum atomic E-state index is 13.8. The van der Waals surface area contributed by atoms with Gasteiger partial charge >= 0.3 is 0 Å². The first kappa shape index (κ1) is 25.0. The second-order valence-electron chi connectivity index (χ2n) is 9.62. The topological polar surface area (TPSA) is 91.1 Å². The second kappa shape index (κ2) is 10.4. The highest BCUT2D eigenvalue weighted by atomic mass is 19.2. The van der Waals surface area contributed by atoms with E-state index in [1.54, 1.807) is 17.2 Å². The Hall–Kier alpha value is -3.68. The first-order chi connectivity index (χ1) is 17.9. The highest BCUT2D eigenvalue weighted by Crippen LogP contribution is 2.44. The average Bonchev–Trinajstić information content (AvgIpc) is 3.22. The fraction of sp³-hybridized carbons (Fsp3) is 0.407. The molecule has 1 saturated heterocycles. The van der Waals surface area contributed by atoms with Gasteiger partial charge in [-0.2, -0.15) is 5.26 Å². The predicted molar refractivity (Wildman–Crippen MR) is 130 cm³/mol. The molecule has 0 radical (unpaired) electrons. The van der Waals surface area contributed by atoms with Crippen LogP contribution in [-0.2, 0) is 20.9 Å². The van der Waals surface area contributed by atoms with Crippen LogP contribution in [0.5, 0.6) is 0 Å². The van der Waals surface area contributed by atoms with E-state index in [-0.39, 0.29) is 29.4 Å². The molecule has 0 bridgehead atoms. The van der Waals surface area contributed by atoms with Crippen molar-refractivity contribution in [1.82, 2.24) is 14.8 Å². The summed E-state index contributed by atoms with van der Waals surface area (Å²) in [6, 6.07) is 8.89. The number of fused-ring (bicyclic) bond motifs is 1. The standard InChI is InChI=1S/C27H27F2N5O3/c1-33-16-20-17-36-27(21(20)13-25(33)35)6-9-34(10-7-27)15-18-2-5-24(31-14-18)26(32-37-11-8-30)19-3-4-22(28)23(29)12-19/h2-5,12,14H,6-7,9-11,13,15-17H2,1H3. The zero-order valence-corrected chi connectivity index (χ0v) is 20.5. The van der Waals surface area contributed by atoms with Crippen molar-refractivity contribution in [2.45, 2.75) is 31.4 Å². The van der Waals surface area contributed by atoms with Crippen LogP contribution in [0.15, 0.2) is 52.8 Å². The first-order valence-electron chi connectivity index (χ1n) is 12.2. The molecule has 1 spiro atoms. The van der Waals surface area contributed by atoms with Gasteiger partial charge in [0.25, 0.3) is 0 Å². The van der Waals surface area contributed by atoms with Crippen molar-refractivity contribution in [2.24, 2.45) is 5.16 Å². The molecule has 37 heavy (non-hydrogen) atoms. The van der Waals surface area contributed by atoms with Crippen LogP contribution in [0, 0.1) is 23.0 Å². The van der Waals surface area contributed by atoms with Crippen LogP contribution in [0.3, 0.4) is 0 Å². The number of hydrogen-bond acceptors (Lipinski definition) is 7. The zero-order valence-electron chi connectivity index (χ0n) is 20.5. The predicted octanol–water partition coefficient (Wildman–Crippen LogP) is 3.18. The summed E-state index contributed by atoms with van der Waals surface area (Å²) in [4.78, 5) is 25.9. The van der Waals surface area contributed by atoms with Gasteiger partial charge in [-0.15, -0.1) is 0 Å². The molecule has 0 saturated carbocycles. The number of likely N-dealkylation sites (tertiary alicyclic amines) is 1. The van der Waals surface area contributed by atoms with Crippen LogP contribution in [0.4, 0.5) is 8.78 Å². The lowest BCUT2D eigenvalue weighted by atomic mass is 9.80. The summed E-state index contributed by atoms with van der Waals surface area (Å²) in [6.07, 6.45) is 3.87. The van der Waals surface area contributed by atoms with E-state index in [1.165, 1.54) is 17.2 Å². The molecular weight excluding hydrogens is 480 g/mol. The Kier molecular flexibility index (Phi) is 7.00. The number of carbonyl (C=O) groups excluding carboxylic acids is 1. The van der Waals surface area contributed by atoms with Crippen molar-refractivity contribution >= 4 is 11.6 Å². The van der Waals surface area contributed by atoms with Gasteiger partial charge in [-0.25, -0.2) is 8.78 Å². The number of benzene rings is 1. The number of nitrogens with zero attached hydrogens (tertiary/aromatic N) is 5. The third-order valence-electron chi connectivity index (χ3n) is 7.30. The molecule has 2 aromatic rings. The Bertz CT molecular complexity index is 1290. The van der Waals surface area contributed by atoms with Gasteiger partial charge in [-0.05, 0) is 53.8 Å². The molecule has 3 aliphatic heterocycles. The largest absolute Gasteiger partial charge is 0.380 e. The monoisotopic (exact) mass is 507 g/mol. The Balaban J connectivity index is 1.25. The lowest BCUT2D eigenvalue weighted by Gasteiger charge is -2.41. The van der Waals surface area contributed by atoms with E-state index in [9.17, 15) is 13.6 Å². The van der Waals surface area contributed by atoms with E-state index in [0.717, 1.165) is 43.6 Å². The molecule has 5 rings (SSSR count). The van der Waals surface area contributed by atoms with E-state index in [1.807, 2.05) is 19.2 Å². The molecule has 10 heteroatoms. The molecular formula is C27H27F2N5O3. The second-order valence-corrected chi connectivity index (χ2v) is 9.62. The van der Waals surface area contributed by atoms with Gasteiger partial charge in [0.2, 0.25) is 12.5 Å². The molecule has 1 fully saturated rings. The molecule has 8 nitrogen and oxygen atoms in total. The summed E-state index contributed by atoms with van der Waals surface area (Å²) >= 11 is 0. The number of rotatable bonds is 6. The number of halogens is 2. The smallest absolute Gasteiger partial charge is 0.226 e. The zero-order chi connectivity index (χ0) is 26.0. The van der Waals surface area contributed by atoms with Gasteiger partial charge in [0.15, 0.2) is 11.6 Å². The van der Waals surface area contributed by atoms with E-state index >= 15 is 0 Å². The number of nitriles is 1. The number of oxime groups is 1. The average molecular weight is 508 g/mol. The number of amides is 1. The molecule has 3 aliphatic rings. The van der Waals surface area contributed by atoms with E-state index in [4.69, 9.17) is 14.8 Å². The highest BCUT2D eigenvalue weighted by molar-refractivity contribution is 6.11. The highest BCUT2D eigenvalue weighted by Gasteiger charge is 2.46. The number of piperidine rings is 1. The fourth-order valence-corrected chi connectivity index (χ4v) is 5.26. The number of pyridine rings is 1. The Morgan fingerprint density at radius 3 is 2.76 bits per heavy atom. The van der Waals surface area contributed by atoms with Crippen LogP contribution in [-0.4, -0.2) is 71.9 Å². The van der Waals surface area contributed by atoms with Crippen molar-refractivity contribution in [3.05, 3.63) is 76.1 Å². The quantitative estimate of drug-likeness (QED) is 0.258. The summed E-state index contributed by atoms with van der Waals surface area (Å²) in [6.45, 7) is 3.36. The number of ether oxygens (including phenoxy) is 1. The molecule has 1 amide bonds. The summed E-state index contributed by atoms with van der Waals surface area (Å²) in [5.74, 6) is -1.82. The van der Waals surface area contributed by atoms with Gasteiger partial charge < -0.3 is 14.5 Å². The Labute approximate surface area is 213 Å². The summed E-state index contributed by atoms with van der Waals surface area (Å²) in [5, 5.41) is 12.7. The van der Waals surface area contributed by atoms with Crippen molar-refractivity contribution in [3.8, 4) is 6.07 Å². The molecule has 0 atom stereocenters. The number of carbonyl (C=O) groups is 1. The minimum Gasteiger partial charge on any atom is -0.380 e. The van der Waals surface area contributed by atoms with E-state index < -0.39 is 11.6 Å². The molecule has 192 valence electrons. The van der Waals surface area contributed by atoms with Crippen LogP contribution in [0.1, 0.15) is 36.1 Å². The van der Waals surface area contributed by atoms with Crippen LogP contribution < -0.4 is 0 Å². The SMILES string of the molecule is CN1CC2=C(CC1=O)C1(CCN(Cc3ccc(C(=NOCC#N)c4ccc(F)c(F)c4)nc3)CC1)OC2. The lowest BCUT2D eigenvalue weighted by molar-refractivity contribution is -0.129. The third kappa shape index (κ3) is 5.10.